The summed E-state index contributed by atoms with van der Waals surface area (Å²) in [5.41, 5.74) is 9.19. The fraction of sp³-hybridized carbons (Fsp3) is 0.963. The maximum atomic E-state index is 13.1. The van der Waals surface area contributed by atoms with Crippen LogP contribution in [0.5, 0.6) is 0 Å². The molecule has 4 fully saturated rings. The molecule has 4 bridgehead atoms. The molecule has 176 valence electrons. The monoisotopic (exact) mass is 429 g/mol. The van der Waals surface area contributed by atoms with Crippen molar-refractivity contribution in [3.8, 4) is 0 Å². The first kappa shape index (κ1) is 24.6. The molecule has 1 atom stereocenters. The Balaban J connectivity index is 1.27. The van der Waals surface area contributed by atoms with Crippen molar-refractivity contribution in [2.24, 2.45) is 28.3 Å². The highest BCUT2D eigenvalue weighted by Gasteiger charge is 2.55. The summed E-state index contributed by atoms with van der Waals surface area (Å²) in [6, 6.07) is -0.386. The van der Waals surface area contributed by atoms with E-state index in [1.165, 1.54) is 89.9 Å². The summed E-state index contributed by atoms with van der Waals surface area (Å²) in [5.74, 6) is 2.59. The van der Waals surface area contributed by atoms with E-state index >= 15 is 0 Å². The summed E-state index contributed by atoms with van der Waals surface area (Å²) in [6.07, 6.45) is 25.2. The minimum atomic E-state index is -0.386. The van der Waals surface area contributed by atoms with Gasteiger partial charge in [-0.05, 0) is 73.6 Å². The molecule has 4 saturated carbocycles. The lowest BCUT2D eigenvalue weighted by atomic mass is 9.47. The molecule has 0 spiro atoms. The number of Topliss-reactive ketones (excluding diaryl/α,β-unsaturated/α-hetero) is 1. The zero-order chi connectivity index (χ0) is 21.9. The van der Waals surface area contributed by atoms with Gasteiger partial charge in [0.15, 0.2) is 0 Å². The van der Waals surface area contributed by atoms with Crippen LogP contribution < -0.4 is 0 Å². The third-order valence-corrected chi connectivity index (χ3v) is 8.66. The second-order valence-corrected chi connectivity index (χ2v) is 11.3. The fourth-order valence-electron chi connectivity index (χ4n) is 7.55. The summed E-state index contributed by atoms with van der Waals surface area (Å²) >= 11 is 0. The third kappa shape index (κ3) is 7.24. The lowest BCUT2D eigenvalue weighted by Crippen LogP contribution is -2.53. The van der Waals surface area contributed by atoms with E-state index in [0.717, 1.165) is 49.9 Å². The highest BCUT2D eigenvalue weighted by atomic mass is 16.1. The number of carbonyl (C=O) groups excluding carboxylic acids is 1. The number of nitrogens with zero attached hydrogens (tertiary/aromatic N) is 3. The number of carbonyl (C=O) groups is 1. The molecule has 0 aromatic carbocycles. The minimum Gasteiger partial charge on any atom is -0.299 e. The lowest BCUT2D eigenvalue weighted by molar-refractivity contribution is -0.130. The third-order valence-electron chi connectivity index (χ3n) is 8.66. The van der Waals surface area contributed by atoms with E-state index in [0.29, 0.717) is 6.42 Å². The predicted octanol–water partition coefficient (Wildman–Crippen LogP) is 8.93. The lowest BCUT2D eigenvalue weighted by Gasteiger charge is -2.58. The zero-order valence-corrected chi connectivity index (χ0v) is 20.2. The van der Waals surface area contributed by atoms with Gasteiger partial charge in [0.05, 0.1) is 0 Å². The Morgan fingerprint density at radius 1 is 0.806 bits per heavy atom. The van der Waals surface area contributed by atoms with Crippen LogP contribution in [-0.4, -0.2) is 11.8 Å². The molecule has 4 aliphatic carbocycles. The Labute approximate surface area is 191 Å². The molecule has 4 nitrogen and oxygen atoms in total. The van der Waals surface area contributed by atoms with Crippen molar-refractivity contribution in [1.29, 1.82) is 0 Å². The van der Waals surface area contributed by atoms with E-state index in [4.69, 9.17) is 0 Å². The average molecular weight is 430 g/mol. The van der Waals surface area contributed by atoms with Crippen molar-refractivity contribution in [2.75, 3.05) is 0 Å². The normalized spacial score (nSPS) is 29.6. The highest BCUT2D eigenvalue weighted by molar-refractivity contribution is 5.85. The van der Waals surface area contributed by atoms with Crippen molar-refractivity contribution < 1.29 is 4.79 Å². The number of azide groups is 1. The summed E-state index contributed by atoms with van der Waals surface area (Å²) < 4.78 is 0. The highest BCUT2D eigenvalue weighted by Crippen LogP contribution is 2.62. The first-order valence-corrected chi connectivity index (χ1v) is 13.7. The van der Waals surface area contributed by atoms with Gasteiger partial charge in [0, 0.05) is 11.3 Å². The molecular formula is C27H47N3O. The number of rotatable bonds is 17. The maximum absolute atomic E-state index is 13.1. The first-order chi connectivity index (χ1) is 15.2. The second-order valence-electron chi connectivity index (χ2n) is 11.3. The first-order valence-electron chi connectivity index (χ1n) is 13.7. The summed E-state index contributed by atoms with van der Waals surface area (Å²) in [4.78, 5) is 16.2. The van der Waals surface area contributed by atoms with Crippen LogP contribution in [0.2, 0.25) is 0 Å². The number of unbranched alkanes of at least 4 members (excludes halogenated alkanes) is 12. The van der Waals surface area contributed by atoms with Gasteiger partial charge in [0.2, 0.25) is 0 Å². The molecule has 4 heteroatoms. The van der Waals surface area contributed by atoms with Gasteiger partial charge in [-0.15, -0.1) is 0 Å². The standard InChI is InChI=1S/C27H47N3O/c1-2-3-4-5-6-7-8-9-10-11-12-13-14-15-25(31)26(29-30-28)27-19-22-16-23(20-27)18-24(17-22)21-27/h22-24,26H,2-21H2,1H3. The zero-order valence-electron chi connectivity index (χ0n) is 20.2. The molecule has 0 heterocycles. The van der Waals surface area contributed by atoms with Crippen molar-refractivity contribution in [1.82, 2.24) is 0 Å². The van der Waals surface area contributed by atoms with Gasteiger partial charge in [0.1, 0.15) is 11.8 Å². The Kier molecular flexibility index (Phi) is 10.2. The Bertz CT molecular complexity index is 560. The van der Waals surface area contributed by atoms with Gasteiger partial charge in [-0.25, -0.2) is 0 Å². The second kappa shape index (κ2) is 12.9. The van der Waals surface area contributed by atoms with Crippen LogP contribution in [-0.2, 0) is 4.79 Å². The van der Waals surface area contributed by atoms with Crippen LogP contribution in [0, 0.1) is 23.2 Å². The molecule has 0 aliphatic heterocycles. The smallest absolute Gasteiger partial charge is 0.142 e. The van der Waals surface area contributed by atoms with Crippen LogP contribution in [0.4, 0.5) is 0 Å². The molecule has 0 aromatic heterocycles. The summed E-state index contributed by atoms with van der Waals surface area (Å²) in [6.45, 7) is 2.28. The largest absolute Gasteiger partial charge is 0.299 e. The molecule has 1 unspecified atom stereocenters. The molecule has 4 aliphatic rings. The Morgan fingerprint density at radius 2 is 1.23 bits per heavy atom. The van der Waals surface area contributed by atoms with Crippen molar-refractivity contribution in [2.45, 2.75) is 141 Å². The van der Waals surface area contributed by atoms with Crippen molar-refractivity contribution in [3.63, 3.8) is 0 Å². The molecule has 0 aromatic rings. The Morgan fingerprint density at radius 3 is 1.65 bits per heavy atom. The SMILES string of the molecule is CCCCCCCCCCCCCCCC(=O)C(N=[N+]=[N-])C12CC3CC(CC(C3)C1)C2. The van der Waals surface area contributed by atoms with E-state index in [2.05, 4.69) is 16.9 Å². The molecule has 31 heavy (non-hydrogen) atoms. The van der Waals surface area contributed by atoms with E-state index in [1.807, 2.05) is 0 Å². The van der Waals surface area contributed by atoms with Crippen LogP contribution in [0.15, 0.2) is 5.11 Å². The summed E-state index contributed by atoms with van der Waals surface area (Å²) in [5, 5.41) is 4.13. The number of ketones is 1. The minimum absolute atomic E-state index is 0.00853. The maximum Gasteiger partial charge on any atom is 0.142 e. The van der Waals surface area contributed by atoms with Crippen LogP contribution in [0.3, 0.4) is 0 Å². The van der Waals surface area contributed by atoms with Gasteiger partial charge >= 0.3 is 0 Å². The van der Waals surface area contributed by atoms with Gasteiger partial charge < -0.3 is 0 Å². The molecule has 0 amide bonds. The van der Waals surface area contributed by atoms with E-state index < -0.39 is 0 Å². The number of hydrogen-bond acceptors (Lipinski definition) is 2. The van der Waals surface area contributed by atoms with Gasteiger partial charge in [-0.2, -0.15) is 0 Å². The Hall–Kier alpha value is -1.02. The van der Waals surface area contributed by atoms with Crippen molar-refractivity contribution in [3.05, 3.63) is 10.4 Å². The molecular weight excluding hydrogens is 382 g/mol. The van der Waals surface area contributed by atoms with Gasteiger partial charge in [-0.1, -0.05) is 89.1 Å². The molecule has 0 radical (unpaired) electrons. The number of hydrogen-bond donors (Lipinski definition) is 0. The van der Waals surface area contributed by atoms with Crippen molar-refractivity contribution >= 4 is 5.78 Å². The van der Waals surface area contributed by atoms with Crippen LogP contribution >= 0.6 is 0 Å². The van der Waals surface area contributed by atoms with Crippen LogP contribution in [0.1, 0.15) is 135 Å². The fourth-order valence-corrected chi connectivity index (χ4v) is 7.55. The molecule has 4 rings (SSSR count). The van der Waals surface area contributed by atoms with E-state index in [1.54, 1.807) is 0 Å². The van der Waals surface area contributed by atoms with E-state index in [-0.39, 0.29) is 17.2 Å². The predicted molar refractivity (Wildman–Crippen MR) is 129 cm³/mol. The van der Waals surface area contributed by atoms with Gasteiger partial charge in [-0.3, -0.25) is 4.79 Å². The van der Waals surface area contributed by atoms with Gasteiger partial charge in [0.25, 0.3) is 0 Å². The summed E-state index contributed by atoms with van der Waals surface area (Å²) in [7, 11) is 0. The average Bonchev–Trinajstić information content (AvgIpc) is 2.74. The molecule has 0 saturated heterocycles. The quantitative estimate of drug-likeness (QED) is 0.0984. The van der Waals surface area contributed by atoms with Crippen LogP contribution in [0.25, 0.3) is 10.4 Å². The molecule has 0 N–H and O–H groups in total. The topological polar surface area (TPSA) is 65.8 Å². The van der Waals surface area contributed by atoms with E-state index in [9.17, 15) is 10.3 Å².